The first-order valence-electron chi connectivity index (χ1n) is 7.21. The monoisotopic (exact) mass is 297 g/mol. The van der Waals surface area contributed by atoms with Crippen molar-refractivity contribution in [1.82, 2.24) is 15.6 Å². The fraction of sp³-hybridized carbons (Fsp3) is 0.714. The van der Waals surface area contributed by atoms with Crippen molar-refractivity contribution < 1.29 is 9.53 Å². The van der Waals surface area contributed by atoms with Crippen LogP contribution in [0.1, 0.15) is 42.0 Å². The van der Waals surface area contributed by atoms with Crippen molar-refractivity contribution in [1.29, 1.82) is 0 Å². The topological polar surface area (TPSA) is 63.2 Å². The second-order valence-corrected chi connectivity index (χ2v) is 6.54. The van der Waals surface area contributed by atoms with Crippen LogP contribution in [0.5, 0.6) is 0 Å². The Bertz CT molecular complexity index is 430. The van der Waals surface area contributed by atoms with E-state index in [0.717, 1.165) is 30.9 Å². The van der Waals surface area contributed by atoms with Crippen LogP contribution in [0.3, 0.4) is 0 Å². The third-order valence-corrected chi connectivity index (χ3v) is 4.55. The Morgan fingerprint density at radius 2 is 2.45 bits per heavy atom. The molecule has 0 bridgehead atoms. The molecular weight excluding hydrogens is 274 g/mol. The Morgan fingerprint density at radius 3 is 3.10 bits per heavy atom. The lowest BCUT2D eigenvalue weighted by molar-refractivity contribution is 0.104. The first kappa shape index (κ1) is 15.3. The maximum Gasteiger partial charge on any atom is 0.314 e. The van der Waals surface area contributed by atoms with Crippen LogP contribution < -0.4 is 10.6 Å². The zero-order valence-electron chi connectivity index (χ0n) is 12.1. The predicted molar refractivity (Wildman–Crippen MR) is 80.3 cm³/mol. The quantitative estimate of drug-likeness (QED) is 0.847. The molecule has 2 atom stereocenters. The molecule has 0 aromatic carbocycles. The number of hydrogen-bond acceptors (Lipinski definition) is 4. The van der Waals surface area contributed by atoms with Crippen molar-refractivity contribution in [3.63, 3.8) is 0 Å². The van der Waals surface area contributed by atoms with E-state index in [1.54, 1.807) is 11.3 Å². The lowest BCUT2D eigenvalue weighted by Gasteiger charge is -2.13. The van der Waals surface area contributed by atoms with E-state index in [0.29, 0.717) is 19.2 Å². The minimum atomic E-state index is -0.108. The molecule has 1 aliphatic rings. The van der Waals surface area contributed by atoms with E-state index in [-0.39, 0.29) is 11.9 Å². The molecule has 1 aliphatic heterocycles. The van der Waals surface area contributed by atoms with E-state index < -0.39 is 0 Å². The summed E-state index contributed by atoms with van der Waals surface area (Å²) in [5, 5.41) is 6.84. The molecule has 0 unspecified atom stereocenters. The average Bonchev–Trinajstić information content (AvgIpc) is 3.07. The summed E-state index contributed by atoms with van der Waals surface area (Å²) in [6.07, 6.45) is 5.35. The van der Waals surface area contributed by atoms with Gasteiger partial charge in [0.25, 0.3) is 0 Å². The predicted octanol–water partition coefficient (Wildman–Crippen LogP) is 2.42. The van der Waals surface area contributed by atoms with Crippen LogP contribution in [0.2, 0.25) is 0 Å². The SMILES string of the molecule is Cc1cnc([C@@H](C)CNC(=O)NCC[C@@H]2CCCO2)s1. The molecule has 2 rings (SSSR count). The summed E-state index contributed by atoms with van der Waals surface area (Å²) in [5.74, 6) is 0.248. The van der Waals surface area contributed by atoms with Crippen molar-refractivity contribution in [2.24, 2.45) is 0 Å². The number of aromatic nitrogens is 1. The lowest BCUT2D eigenvalue weighted by Crippen LogP contribution is -2.38. The van der Waals surface area contributed by atoms with Gasteiger partial charge in [-0.25, -0.2) is 9.78 Å². The van der Waals surface area contributed by atoms with Crippen LogP contribution in [0.15, 0.2) is 6.20 Å². The second-order valence-electron chi connectivity index (χ2n) is 5.27. The van der Waals surface area contributed by atoms with E-state index in [2.05, 4.69) is 22.5 Å². The Hall–Kier alpha value is -1.14. The van der Waals surface area contributed by atoms with E-state index >= 15 is 0 Å². The highest BCUT2D eigenvalue weighted by molar-refractivity contribution is 7.11. The smallest absolute Gasteiger partial charge is 0.314 e. The largest absolute Gasteiger partial charge is 0.378 e. The van der Waals surface area contributed by atoms with Gasteiger partial charge in [0.2, 0.25) is 0 Å². The van der Waals surface area contributed by atoms with Gasteiger partial charge in [0.1, 0.15) is 0 Å². The maximum absolute atomic E-state index is 11.7. The Kier molecular flexibility index (Phi) is 5.79. The fourth-order valence-electron chi connectivity index (χ4n) is 2.21. The van der Waals surface area contributed by atoms with E-state index in [4.69, 9.17) is 4.74 Å². The van der Waals surface area contributed by atoms with Gasteiger partial charge in [-0.3, -0.25) is 0 Å². The van der Waals surface area contributed by atoms with Crippen LogP contribution in [0.25, 0.3) is 0 Å². The molecule has 112 valence electrons. The van der Waals surface area contributed by atoms with E-state index in [1.165, 1.54) is 4.88 Å². The fourth-order valence-corrected chi connectivity index (χ4v) is 3.04. The van der Waals surface area contributed by atoms with Crippen molar-refractivity contribution in [3.05, 3.63) is 16.1 Å². The highest BCUT2D eigenvalue weighted by Gasteiger charge is 2.15. The van der Waals surface area contributed by atoms with Gasteiger partial charge in [-0.1, -0.05) is 6.92 Å². The highest BCUT2D eigenvalue weighted by Crippen LogP contribution is 2.20. The van der Waals surface area contributed by atoms with Gasteiger partial charge in [-0.05, 0) is 26.2 Å². The Morgan fingerprint density at radius 1 is 1.60 bits per heavy atom. The molecule has 1 fully saturated rings. The number of urea groups is 1. The standard InChI is InChI=1S/C14H23N3O2S/c1-10(13-16-9-11(2)20-13)8-17-14(18)15-6-5-12-4-3-7-19-12/h9-10,12H,3-8H2,1-2H3,(H2,15,17,18)/t10-,12-/m0/s1. The molecule has 0 spiro atoms. The third-order valence-electron chi connectivity index (χ3n) is 3.41. The van der Waals surface area contributed by atoms with E-state index in [1.807, 2.05) is 13.1 Å². The van der Waals surface area contributed by atoms with Crippen LogP contribution in [0, 0.1) is 6.92 Å². The lowest BCUT2D eigenvalue weighted by atomic mass is 10.2. The Balaban J connectivity index is 1.59. The number of thiazole rings is 1. The van der Waals surface area contributed by atoms with Gasteiger partial charge < -0.3 is 15.4 Å². The molecule has 5 nitrogen and oxygen atoms in total. The molecule has 0 saturated carbocycles. The zero-order valence-corrected chi connectivity index (χ0v) is 13.0. The minimum Gasteiger partial charge on any atom is -0.378 e. The Labute approximate surface area is 124 Å². The molecule has 2 amide bonds. The van der Waals surface area contributed by atoms with Crippen LogP contribution in [-0.4, -0.2) is 36.8 Å². The minimum absolute atomic E-state index is 0.108. The third kappa shape index (κ3) is 4.76. The van der Waals surface area contributed by atoms with Gasteiger partial charge in [-0.15, -0.1) is 11.3 Å². The molecule has 2 heterocycles. The molecule has 1 saturated heterocycles. The molecule has 0 aliphatic carbocycles. The first-order valence-corrected chi connectivity index (χ1v) is 8.02. The number of aryl methyl sites for hydroxylation is 1. The van der Waals surface area contributed by atoms with Crippen LogP contribution in [-0.2, 0) is 4.74 Å². The van der Waals surface area contributed by atoms with Crippen molar-refractivity contribution >= 4 is 17.4 Å². The number of nitrogens with one attached hydrogen (secondary N) is 2. The van der Waals surface area contributed by atoms with Crippen molar-refractivity contribution in [2.45, 2.75) is 45.1 Å². The van der Waals surface area contributed by atoms with Gasteiger partial charge in [-0.2, -0.15) is 0 Å². The van der Waals surface area contributed by atoms with Crippen LogP contribution >= 0.6 is 11.3 Å². The number of rotatable bonds is 6. The summed E-state index contributed by atoms with van der Waals surface area (Å²) in [7, 11) is 0. The summed E-state index contributed by atoms with van der Waals surface area (Å²) in [4.78, 5) is 17.2. The number of ether oxygens (including phenoxy) is 1. The average molecular weight is 297 g/mol. The molecule has 2 N–H and O–H groups in total. The summed E-state index contributed by atoms with van der Waals surface area (Å²) < 4.78 is 5.51. The molecule has 1 aromatic rings. The van der Waals surface area contributed by atoms with E-state index in [9.17, 15) is 4.79 Å². The number of hydrogen-bond donors (Lipinski definition) is 2. The molecular formula is C14H23N3O2S. The number of nitrogens with zero attached hydrogens (tertiary/aromatic N) is 1. The summed E-state index contributed by atoms with van der Waals surface area (Å²) in [6.45, 7) is 6.26. The number of carbonyl (C=O) groups excluding carboxylic acids is 1. The maximum atomic E-state index is 11.7. The molecule has 6 heteroatoms. The summed E-state index contributed by atoms with van der Waals surface area (Å²) >= 11 is 1.68. The van der Waals surface area contributed by atoms with Gasteiger partial charge >= 0.3 is 6.03 Å². The van der Waals surface area contributed by atoms with Crippen molar-refractivity contribution in [2.75, 3.05) is 19.7 Å². The number of carbonyl (C=O) groups is 1. The van der Waals surface area contributed by atoms with Gasteiger partial charge in [0.15, 0.2) is 0 Å². The first-order chi connectivity index (χ1) is 9.65. The summed E-state index contributed by atoms with van der Waals surface area (Å²) in [6, 6.07) is -0.108. The molecule has 20 heavy (non-hydrogen) atoms. The summed E-state index contributed by atoms with van der Waals surface area (Å²) in [5.41, 5.74) is 0. The number of amides is 2. The normalized spacial score (nSPS) is 19.8. The second kappa shape index (κ2) is 7.59. The van der Waals surface area contributed by atoms with Crippen molar-refractivity contribution in [3.8, 4) is 0 Å². The molecule has 0 radical (unpaired) electrons. The molecule has 1 aromatic heterocycles. The van der Waals surface area contributed by atoms with Gasteiger partial charge in [0, 0.05) is 36.7 Å². The van der Waals surface area contributed by atoms with Crippen LogP contribution in [0.4, 0.5) is 4.79 Å². The van der Waals surface area contributed by atoms with Gasteiger partial charge in [0.05, 0.1) is 11.1 Å². The highest BCUT2D eigenvalue weighted by atomic mass is 32.1. The zero-order chi connectivity index (χ0) is 14.4.